The second-order valence-corrected chi connectivity index (χ2v) is 19.1. The molecule has 0 aliphatic heterocycles. The SMILES string of the molecule is Cc1ccc(N(c2ccc3cc4c(cc3c2)oc2ccc3oc5cc6cc(N(c7ccc(C)c(C)c7C)c7ccc(C)c(C)c7C)ccc6cc5c3c24)c2ccc(C)c(C)c2C)c(C)c1C. The number of benzene rings is 9. The van der Waals surface area contributed by atoms with Crippen LogP contribution in [0.3, 0.4) is 0 Å². The maximum Gasteiger partial charge on any atom is 0.136 e. The highest BCUT2D eigenvalue weighted by Gasteiger charge is 2.24. The van der Waals surface area contributed by atoms with Crippen LogP contribution in [0.5, 0.6) is 0 Å². The number of nitrogens with zero attached hydrogens (tertiary/aromatic N) is 2. The zero-order valence-corrected chi connectivity index (χ0v) is 40.3. The van der Waals surface area contributed by atoms with Crippen LogP contribution >= 0.6 is 0 Å². The van der Waals surface area contributed by atoms with E-state index in [1.54, 1.807) is 0 Å². The second-order valence-electron chi connectivity index (χ2n) is 19.1. The molecule has 0 radical (unpaired) electrons. The molecule has 0 aliphatic carbocycles. The lowest BCUT2D eigenvalue weighted by Gasteiger charge is -2.30. The van der Waals surface area contributed by atoms with Crippen LogP contribution in [-0.2, 0) is 0 Å². The molecule has 2 aromatic heterocycles. The maximum absolute atomic E-state index is 6.76. The first-order valence-electron chi connectivity index (χ1n) is 23.2. The zero-order valence-electron chi connectivity index (χ0n) is 40.3. The Morgan fingerprint density at radius 3 is 0.909 bits per heavy atom. The molecule has 326 valence electrons. The number of rotatable bonds is 6. The summed E-state index contributed by atoms with van der Waals surface area (Å²) >= 11 is 0. The lowest BCUT2D eigenvalue weighted by Crippen LogP contribution is -2.14. The summed E-state index contributed by atoms with van der Waals surface area (Å²) < 4.78 is 13.5. The maximum atomic E-state index is 6.76. The molecule has 0 amide bonds. The van der Waals surface area contributed by atoms with Gasteiger partial charge in [-0.1, -0.05) is 36.4 Å². The first-order valence-corrected chi connectivity index (χ1v) is 23.2. The van der Waals surface area contributed by atoms with Crippen molar-refractivity contribution in [3.8, 4) is 0 Å². The summed E-state index contributed by atoms with van der Waals surface area (Å²) in [4.78, 5) is 4.87. The summed E-state index contributed by atoms with van der Waals surface area (Å²) in [6.45, 7) is 26.7. The molecule has 11 aromatic rings. The van der Waals surface area contributed by atoms with Gasteiger partial charge in [-0.3, -0.25) is 0 Å². The fourth-order valence-corrected chi connectivity index (χ4v) is 10.4. The number of anilines is 6. The average Bonchev–Trinajstić information content (AvgIpc) is 3.86. The van der Waals surface area contributed by atoms with Crippen molar-refractivity contribution in [3.63, 3.8) is 0 Å². The summed E-state index contributed by atoms with van der Waals surface area (Å²) in [7, 11) is 0. The third-order valence-corrected chi connectivity index (χ3v) is 15.5. The van der Waals surface area contributed by atoms with Crippen LogP contribution in [0, 0.1) is 83.1 Å². The Hall–Kier alpha value is -7.30. The summed E-state index contributed by atoms with van der Waals surface area (Å²) in [5, 5.41) is 8.92. The third kappa shape index (κ3) is 6.26. The van der Waals surface area contributed by atoms with Crippen LogP contribution in [0.25, 0.3) is 65.4 Å². The van der Waals surface area contributed by atoms with E-state index in [0.717, 1.165) is 76.8 Å². The molecule has 0 aliphatic rings. The highest BCUT2D eigenvalue weighted by molar-refractivity contribution is 6.28. The molecule has 0 saturated heterocycles. The van der Waals surface area contributed by atoms with Crippen molar-refractivity contribution in [1.82, 2.24) is 0 Å². The minimum Gasteiger partial charge on any atom is -0.456 e. The molecule has 2 heterocycles. The van der Waals surface area contributed by atoms with Crippen molar-refractivity contribution in [1.29, 1.82) is 0 Å². The largest absolute Gasteiger partial charge is 0.456 e. The topological polar surface area (TPSA) is 32.8 Å². The van der Waals surface area contributed by atoms with Crippen molar-refractivity contribution in [2.45, 2.75) is 83.1 Å². The Labute approximate surface area is 387 Å². The van der Waals surface area contributed by atoms with Gasteiger partial charge in [0, 0.05) is 55.7 Å². The van der Waals surface area contributed by atoms with E-state index < -0.39 is 0 Å². The van der Waals surface area contributed by atoms with E-state index in [9.17, 15) is 0 Å². The zero-order chi connectivity index (χ0) is 46.0. The van der Waals surface area contributed by atoms with Gasteiger partial charge in [-0.2, -0.15) is 0 Å². The summed E-state index contributed by atoms with van der Waals surface area (Å²) in [6, 6.07) is 45.0. The van der Waals surface area contributed by atoms with Crippen LogP contribution in [0.15, 0.2) is 130 Å². The average molecular weight is 861 g/mol. The van der Waals surface area contributed by atoms with Gasteiger partial charge in [0.15, 0.2) is 0 Å². The molecule has 66 heavy (non-hydrogen) atoms. The van der Waals surface area contributed by atoms with Crippen LogP contribution in [0.1, 0.15) is 66.8 Å². The minimum atomic E-state index is 0.854. The molecule has 0 spiro atoms. The summed E-state index contributed by atoms with van der Waals surface area (Å²) in [5.74, 6) is 0. The van der Waals surface area contributed by atoms with Crippen LogP contribution < -0.4 is 9.80 Å². The Bertz CT molecular complexity index is 3490. The molecule has 0 bridgehead atoms. The Morgan fingerprint density at radius 2 is 0.591 bits per heavy atom. The third-order valence-electron chi connectivity index (χ3n) is 15.5. The quantitative estimate of drug-likeness (QED) is 0.167. The van der Waals surface area contributed by atoms with Gasteiger partial charge in [0.2, 0.25) is 0 Å². The lowest BCUT2D eigenvalue weighted by molar-refractivity contribution is 0.663. The van der Waals surface area contributed by atoms with Crippen LogP contribution in [-0.4, -0.2) is 0 Å². The number of fused-ring (bicyclic) bond motifs is 9. The van der Waals surface area contributed by atoms with Crippen molar-refractivity contribution in [2.75, 3.05) is 9.80 Å². The lowest BCUT2D eigenvalue weighted by atomic mass is 9.97. The smallest absolute Gasteiger partial charge is 0.136 e. The van der Waals surface area contributed by atoms with Gasteiger partial charge in [-0.05, 0) is 256 Å². The Kier molecular flexibility index (Phi) is 9.50. The molecular weight excluding hydrogens is 805 g/mol. The van der Waals surface area contributed by atoms with Gasteiger partial charge in [0.05, 0.1) is 0 Å². The monoisotopic (exact) mass is 860 g/mol. The van der Waals surface area contributed by atoms with Gasteiger partial charge in [-0.15, -0.1) is 0 Å². The minimum absolute atomic E-state index is 0.854. The van der Waals surface area contributed by atoms with Gasteiger partial charge in [0.1, 0.15) is 22.3 Å². The summed E-state index contributed by atoms with van der Waals surface area (Å²) in [6.07, 6.45) is 0. The van der Waals surface area contributed by atoms with Crippen LogP contribution in [0.4, 0.5) is 34.1 Å². The Morgan fingerprint density at radius 1 is 0.273 bits per heavy atom. The number of aryl methyl sites for hydroxylation is 4. The number of furan rings is 2. The van der Waals surface area contributed by atoms with E-state index in [0.29, 0.717) is 0 Å². The standard InChI is InChI=1S/C62H56N2O2/c1-33-13-21-53(41(9)37(33)5)63(54-22-14-34(2)38(6)42(54)10)49-19-17-45-29-51-59(31-47(45)27-49)65-57-25-26-58-62(61(51)57)52-30-46-18-20-50(28-48(46)32-60(52)66-58)64(55-23-15-35(3)39(7)43(55)11)56-24-16-36(4)40(8)44(56)12/h13-32H,1-12H3. The van der Waals surface area contributed by atoms with Crippen molar-refractivity contribution in [2.24, 2.45) is 0 Å². The molecular formula is C62H56N2O2. The first kappa shape index (κ1) is 41.4. The molecule has 0 fully saturated rings. The summed E-state index contributed by atoms with van der Waals surface area (Å²) in [5.41, 5.74) is 26.0. The van der Waals surface area contributed by atoms with E-state index in [4.69, 9.17) is 8.83 Å². The van der Waals surface area contributed by atoms with Crippen molar-refractivity contribution >= 4 is 99.5 Å². The molecule has 0 unspecified atom stereocenters. The van der Waals surface area contributed by atoms with Gasteiger partial charge in [-0.25, -0.2) is 0 Å². The fraction of sp³-hybridized carbons (Fsp3) is 0.194. The first-order chi connectivity index (χ1) is 31.7. The number of hydrogen-bond donors (Lipinski definition) is 0. The highest BCUT2D eigenvalue weighted by atomic mass is 16.3. The normalized spacial score (nSPS) is 11.9. The number of hydrogen-bond acceptors (Lipinski definition) is 4. The Balaban J connectivity index is 1.06. The van der Waals surface area contributed by atoms with Crippen molar-refractivity contribution in [3.05, 3.63) is 188 Å². The molecule has 0 saturated carbocycles. The van der Waals surface area contributed by atoms with E-state index in [-0.39, 0.29) is 0 Å². The molecule has 4 nitrogen and oxygen atoms in total. The second kappa shape index (κ2) is 15.1. The fourth-order valence-electron chi connectivity index (χ4n) is 10.4. The van der Waals surface area contributed by atoms with E-state index >= 15 is 0 Å². The van der Waals surface area contributed by atoms with E-state index in [2.05, 4.69) is 214 Å². The molecule has 0 N–H and O–H groups in total. The highest BCUT2D eigenvalue weighted by Crippen LogP contribution is 2.47. The van der Waals surface area contributed by atoms with Gasteiger partial charge >= 0.3 is 0 Å². The molecule has 4 heteroatoms. The van der Waals surface area contributed by atoms with E-state index in [1.165, 1.54) is 89.5 Å². The van der Waals surface area contributed by atoms with Gasteiger partial charge in [0.25, 0.3) is 0 Å². The predicted octanol–water partition coefficient (Wildman–Crippen LogP) is 18.4. The molecule has 11 rings (SSSR count). The van der Waals surface area contributed by atoms with Crippen molar-refractivity contribution < 1.29 is 8.83 Å². The molecule has 9 aromatic carbocycles. The molecule has 0 atom stereocenters. The van der Waals surface area contributed by atoms with E-state index in [1.807, 2.05) is 0 Å². The van der Waals surface area contributed by atoms with Gasteiger partial charge < -0.3 is 18.6 Å². The predicted molar refractivity (Wildman–Crippen MR) is 282 cm³/mol. The van der Waals surface area contributed by atoms with Crippen LogP contribution in [0.2, 0.25) is 0 Å².